The molecule has 5 nitrogen and oxygen atoms in total. The van der Waals surface area contributed by atoms with Crippen molar-refractivity contribution < 1.29 is 4.74 Å². The maximum absolute atomic E-state index is 5.87. The second-order valence-electron chi connectivity index (χ2n) is 3.93. The minimum atomic E-state index is 0.0481. The third-order valence-electron chi connectivity index (χ3n) is 2.41. The van der Waals surface area contributed by atoms with Crippen LogP contribution in [-0.2, 0) is 24.2 Å². The van der Waals surface area contributed by atoms with Crippen LogP contribution in [0.4, 0.5) is 5.82 Å². The molecule has 1 unspecified atom stereocenters. The Morgan fingerprint density at radius 3 is 3.00 bits per heavy atom. The van der Waals surface area contributed by atoms with E-state index >= 15 is 0 Å². The summed E-state index contributed by atoms with van der Waals surface area (Å²) in [5, 5.41) is 0. The molecule has 4 N–H and O–H groups in total. The van der Waals surface area contributed by atoms with E-state index in [4.69, 9.17) is 16.2 Å². The number of nitrogens with zero attached hydrogens (tertiary/aromatic N) is 2. The SMILES string of the molecule is CC(N)Cc1nc(N)c2c(n1)COCC2. The van der Waals surface area contributed by atoms with Gasteiger partial charge in [-0.15, -0.1) is 0 Å². The normalized spacial score (nSPS) is 17.2. The average molecular weight is 208 g/mol. The van der Waals surface area contributed by atoms with Crippen molar-refractivity contribution in [2.24, 2.45) is 5.73 Å². The quantitative estimate of drug-likeness (QED) is 0.715. The molecule has 2 heterocycles. The lowest BCUT2D eigenvalue weighted by molar-refractivity contribution is 0.107. The number of hydrogen-bond acceptors (Lipinski definition) is 5. The van der Waals surface area contributed by atoms with Crippen LogP contribution in [0, 0.1) is 0 Å². The van der Waals surface area contributed by atoms with E-state index in [0.29, 0.717) is 31.3 Å². The molecule has 82 valence electrons. The molecule has 1 aromatic heterocycles. The van der Waals surface area contributed by atoms with Crippen LogP contribution in [0.25, 0.3) is 0 Å². The van der Waals surface area contributed by atoms with E-state index in [1.807, 2.05) is 6.92 Å². The predicted octanol–water partition coefficient (Wildman–Crippen LogP) is 0.0212. The molecular formula is C10H16N4O. The van der Waals surface area contributed by atoms with Gasteiger partial charge in [-0.2, -0.15) is 0 Å². The first-order chi connectivity index (χ1) is 7.16. The smallest absolute Gasteiger partial charge is 0.132 e. The van der Waals surface area contributed by atoms with Crippen molar-refractivity contribution in [3.05, 3.63) is 17.1 Å². The van der Waals surface area contributed by atoms with E-state index in [2.05, 4.69) is 9.97 Å². The Hall–Kier alpha value is -1.20. The fourth-order valence-corrected chi connectivity index (χ4v) is 1.72. The largest absolute Gasteiger partial charge is 0.383 e. The lowest BCUT2D eigenvalue weighted by Gasteiger charge is -2.18. The van der Waals surface area contributed by atoms with Crippen LogP contribution in [0.2, 0.25) is 0 Å². The lowest BCUT2D eigenvalue weighted by Crippen LogP contribution is -2.22. The number of nitrogen functional groups attached to an aromatic ring is 1. The van der Waals surface area contributed by atoms with Crippen LogP contribution in [-0.4, -0.2) is 22.6 Å². The fraction of sp³-hybridized carbons (Fsp3) is 0.600. The minimum Gasteiger partial charge on any atom is -0.383 e. The molecular weight excluding hydrogens is 192 g/mol. The van der Waals surface area contributed by atoms with Crippen LogP contribution < -0.4 is 11.5 Å². The van der Waals surface area contributed by atoms with Crippen molar-refractivity contribution in [2.75, 3.05) is 12.3 Å². The highest BCUT2D eigenvalue weighted by Gasteiger charge is 2.16. The maximum Gasteiger partial charge on any atom is 0.132 e. The van der Waals surface area contributed by atoms with E-state index in [1.54, 1.807) is 0 Å². The Balaban J connectivity index is 2.32. The average Bonchev–Trinajstić information content (AvgIpc) is 2.16. The van der Waals surface area contributed by atoms with Gasteiger partial charge in [-0.25, -0.2) is 9.97 Å². The molecule has 0 bridgehead atoms. The number of anilines is 1. The van der Waals surface area contributed by atoms with Crippen molar-refractivity contribution in [3.63, 3.8) is 0 Å². The molecule has 0 amide bonds. The Labute approximate surface area is 88.8 Å². The standard InChI is InChI=1S/C10H16N4O/c1-6(11)4-9-13-8-5-15-3-2-7(8)10(12)14-9/h6H,2-5,11H2,1H3,(H2,12,13,14). The number of aromatic nitrogens is 2. The molecule has 0 saturated heterocycles. The summed E-state index contributed by atoms with van der Waals surface area (Å²) in [6, 6.07) is 0.0481. The molecule has 0 spiro atoms. The van der Waals surface area contributed by atoms with Crippen LogP contribution in [0.5, 0.6) is 0 Å². The van der Waals surface area contributed by atoms with Crippen LogP contribution in [0.3, 0.4) is 0 Å². The minimum absolute atomic E-state index is 0.0481. The molecule has 1 atom stereocenters. The van der Waals surface area contributed by atoms with Crippen LogP contribution >= 0.6 is 0 Å². The highest BCUT2D eigenvalue weighted by molar-refractivity contribution is 5.43. The zero-order chi connectivity index (χ0) is 10.8. The maximum atomic E-state index is 5.87. The molecule has 15 heavy (non-hydrogen) atoms. The van der Waals surface area contributed by atoms with Gasteiger partial charge < -0.3 is 16.2 Å². The molecule has 2 rings (SSSR count). The summed E-state index contributed by atoms with van der Waals surface area (Å²) in [4.78, 5) is 8.68. The van der Waals surface area contributed by atoms with Crippen molar-refractivity contribution in [2.45, 2.75) is 32.4 Å². The number of hydrogen-bond donors (Lipinski definition) is 2. The first kappa shape index (κ1) is 10.3. The van der Waals surface area contributed by atoms with Crippen molar-refractivity contribution in [3.8, 4) is 0 Å². The van der Waals surface area contributed by atoms with E-state index in [1.165, 1.54) is 0 Å². The first-order valence-corrected chi connectivity index (χ1v) is 5.14. The second-order valence-corrected chi connectivity index (χ2v) is 3.93. The Kier molecular flexibility index (Phi) is 2.83. The van der Waals surface area contributed by atoms with E-state index in [-0.39, 0.29) is 6.04 Å². The van der Waals surface area contributed by atoms with Gasteiger partial charge in [0.05, 0.1) is 18.9 Å². The van der Waals surface area contributed by atoms with Gasteiger partial charge in [0, 0.05) is 24.4 Å². The van der Waals surface area contributed by atoms with Gasteiger partial charge in [0.1, 0.15) is 11.6 Å². The summed E-state index contributed by atoms with van der Waals surface area (Å²) in [7, 11) is 0. The molecule has 0 radical (unpaired) electrons. The molecule has 0 aliphatic carbocycles. The second kappa shape index (κ2) is 4.12. The summed E-state index contributed by atoms with van der Waals surface area (Å²) in [5.41, 5.74) is 13.5. The van der Waals surface area contributed by atoms with Crippen molar-refractivity contribution >= 4 is 5.82 Å². The van der Waals surface area contributed by atoms with Gasteiger partial charge in [0.15, 0.2) is 0 Å². The predicted molar refractivity (Wildman–Crippen MR) is 57.2 cm³/mol. The summed E-state index contributed by atoms with van der Waals surface area (Å²) in [5.74, 6) is 1.30. The highest BCUT2D eigenvalue weighted by atomic mass is 16.5. The van der Waals surface area contributed by atoms with Gasteiger partial charge >= 0.3 is 0 Å². The fourth-order valence-electron chi connectivity index (χ4n) is 1.72. The van der Waals surface area contributed by atoms with E-state index < -0.39 is 0 Å². The van der Waals surface area contributed by atoms with Gasteiger partial charge in [0.25, 0.3) is 0 Å². The highest BCUT2D eigenvalue weighted by Crippen LogP contribution is 2.19. The van der Waals surface area contributed by atoms with Crippen LogP contribution in [0.15, 0.2) is 0 Å². The first-order valence-electron chi connectivity index (χ1n) is 5.14. The third kappa shape index (κ3) is 2.24. The zero-order valence-corrected chi connectivity index (χ0v) is 8.86. The van der Waals surface area contributed by atoms with Crippen molar-refractivity contribution in [1.82, 2.24) is 9.97 Å². The molecule has 5 heteroatoms. The summed E-state index contributed by atoms with van der Waals surface area (Å²) in [6.45, 7) is 3.16. The molecule has 1 aromatic rings. The molecule has 0 saturated carbocycles. The Morgan fingerprint density at radius 2 is 2.27 bits per heavy atom. The van der Waals surface area contributed by atoms with Crippen LogP contribution in [0.1, 0.15) is 24.0 Å². The zero-order valence-electron chi connectivity index (χ0n) is 8.86. The van der Waals surface area contributed by atoms with E-state index in [9.17, 15) is 0 Å². The van der Waals surface area contributed by atoms with E-state index in [0.717, 1.165) is 17.7 Å². The Morgan fingerprint density at radius 1 is 1.47 bits per heavy atom. The number of ether oxygens (including phenoxy) is 1. The van der Waals surface area contributed by atoms with Gasteiger partial charge in [-0.3, -0.25) is 0 Å². The Bertz CT molecular complexity index is 365. The molecule has 0 aromatic carbocycles. The van der Waals surface area contributed by atoms with Crippen molar-refractivity contribution in [1.29, 1.82) is 0 Å². The van der Waals surface area contributed by atoms with Gasteiger partial charge in [-0.1, -0.05) is 0 Å². The number of rotatable bonds is 2. The lowest BCUT2D eigenvalue weighted by atomic mass is 10.1. The topological polar surface area (TPSA) is 87.0 Å². The summed E-state index contributed by atoms with van der Waals surface area (Å²) >= 11 is 0. The summed E-state index contributed by atoms with van der Waals surface area (Å²) in [6.07, 6.45) is 1.46. The molecule has 0 fully saturated rings. The molecule has 1 aliphatic heterocycles. The van der Waals surface area contributed by atoms with Gasteiger partial charge in [-0.05, 0) is 6.92 Å². The molecule has 1 aliphatic rings. The summed E-state index contributed by atoms with van der Waals surface area (Å²) < 4.78 is 5.33. The van der Waals surface area contributed by atoms with Gasteiger partial charge in [0.2, 0.25) is 0 Å². The number of nitrogens with two attached hydrogens (primary N) is 2. The number of fused-ring (bicyclic) bond motifs is 1. The third-order valence-corrected chi connectivity index (χ3v) is 2.41. The monoisotopic (exact) mass is 208 g/mol.